The van der Waals surface area contributed by atoms with Gasteiger partial charge in [0.2, 0.25) is 5.16 Å². The average molecular weight is 252 g/mol. The molecule has 0 radical (unpaired) electrons. The van der Waals surface area contributed by atoms with Gasteiger partial charge in [0.1, 0.15) is 0 Å². The van der Waals surface area contributed by atoms with E-state index in [0.29, 0.717) is 15.9 Å². The van der Waals surface area contributed by atoms with E-state index in [-0.39, 0.29) is 0 Å². The van der Waals surface area contributed by atoms with Gasteiger partial charge in [-0.2, -0.15) is 0 Å². The SMILES string of the molecule is C=C(Cl)CSc1n[nH]c(-c2ccccc2)n1. The summed E-state index contributed by atoms with van der Waals surface area (Å²) in [5, 5.41) is 8.26. The third kappa shape index (κ3) is 2.87. The van der Waals surface area contributed by atoms with Gasteiger partial charge in [-0.1, -0.05) is 60.3 Å². The fourth-order valence-corrected chi connectivity index (χ4v) is 1.89. The molecule has 0 fully saturated rings. The van der Waals surface area contributed by atoms with Crippen molar-refractivity contribution in [3.63, 3.8) is 0 Å². The molecule has 1 N–H and O–H groups in total. The fourth-order valence-electron chi connectivity index (χ4n) is 1.18. The van der Waals surface area contributed by atoms with E-state index >= 15 is 0 Å². The lowest BCUT2D eigenvalue weighted by molar-refractivity contribution is 0.975. The second-order valence-corrected chi connectivity index (χ2v) is 4.62. The molecule has 16 heavy (non-hydrogen) atoms. The summed E-state index contributed by atoms with van der Waals surface area (Å²) in [5.74, 6) is 1.39. The summed E-state index contributed by atoms with van der Waals surface area (Å²) in [6, 6.07) is 9.86. The lowest BCUT2D eigenvalue weighted by Crippen LogP contribution is -1.80. The van der Waals surface area contributed by atoms with Crippen molar-refractivity contribution < 1.29 is 0 Å². The first-order valence-corrected chi connectivity index (χ1v) is 6.06. The molecule has 0 bridgehead atoms. The van der Waals surface area contributed by atoms with E-state index in [2.05, 4.69) is 21.8 Å². The number of hydrogen-bond acceptors (Lipinski definition) is 3. The van der Waals surface area contributed by atoms with Crippen LogP contribution in [0.1, 0.15) is 0 Å². The maximum Gasteiger partial charge on any atom is 0.209 e. The topological polar surface area (TPSA) is 41.6 Å². The molecule has 0 aliphatic heterocycles. The molecule has 82 valence electrons. The highest BCUT2D eigenvalue weighted by Gasteiger charge is 2.05. The summed E-state index contributed by atoms with van der Waals surface area (Å²) in [4.78, 5) is 4.35. The second kappa shape index (κ2) is 5.18. The lowest BCUT2D eigenvalue weighted by atomic mass is 10.2. The van der Waals surface area contributed by atoms with Crippen molar-refractivity contribution in [1.29, 1.82) is 0 Å². The molecule has 3 nitrogen and oxygen atoms in total. The Kier molecular flexibility index (Phi) is 3.64. The van der Waals surface area contributed by atoms with Crippen LogP contribution in [0.2, 0.25) is 0 Å². The molecule has 0 atom stereocenters. The number of halogens is 1. The Labute approximate surface area is 103 Å². The molecule has 1 aromatic heterocycles. The van der Waals surface area contributed by atoms with E-state index in [1.165, 1.54) is 11.8 Å². The lowest BCUT2D eigenvalue weighted by Gasteiger charge is -1.93. The third-order valence-electron chi connectivity index (χ3n) is 1.87. The van der Waals surface area contributed by atoms with Crippen LogP contribution in [0.3, 0.4) is 0 Å². The minimum absolute atomic E-state index is 0.594. The molecule has 5 heteroatoms. The first-order valence-electron chi connectivity index (χ1n) is 4.69. The van der Waals surface area contributed by atoms with E-state index in [4.69, 9.17) is 11.6 Å². The normalized spacial score (nSPS) is 10.3. The van der Waals surface area contributed by atoms with Crippen LogP contribution in [-0.2, 0) is 0 Å². The number of aromatic nitrogens is 3. The molecule has 0 saturated heterocycles. The van der Waals surface area contributed by atoms with Gasteiger partial charge < -0.3 is 0 Å². The van der Waals surface area contributed by atoms with Crippen LogP contribution in [0, 0.1) is 0 Å². The van der Waals surface area contributed by atoms with Gasteiger partial charge in [-0.25, -0.2) is 4.98 Å². The molecular formula is C11H10ClN3S. The third-order valence-corrected chi connectivity index (χ3v) is 3.10. The van der Waals surface area contributed by atoms with Gasteiger partial charge in [0.05, 0.1) is 0 Å². The molecule has 2 aromatic rings. The van der Waals surface area contributed by atoms with Gasteiger partial charge in [0.15, 0.2) is 5.82 Å². The number of rotatable bonds is 4. The number of nitrogens with one attached hydrogen (secondary N) is 1. The molecule has 0 amide bonds. The molecule has 1 aromatic carbocycles. The van der Waals surface area contributed by atoms with Gasteiger partial charge >= 0.3 is 0 Å². The van der Waals surface area contributed by atoms with Crippen molar-refractivity contribution in [3.05, 3.63) is 41.9 Å². The molecule has 0 aliphatic rings. The van der Waals surface area contributed by atoms with Crippen LogP contribution >= 0.6 is 23.4 Å². The predicted molar refractivity (Wildman–Crippen MR) is 67.5 cm³/mol. The van der Waals surface area contributed by atoms with Gasteiger partial charge in [-0.15, -0.1) is 5.10 Å². The number of benzene rings is 1. The smallest absolute Gasteiger partial charge is 0.209 e. The number of aromatic amines is 1. The average Bonchev–Trinajstić information content (AvgIpc) is 2.76. The maximum absolute atomic E-state index is 5.67. The van der Waals surface area contributed by atoms with Crippen LogP contribution in [0.4, 0.5) is 0 Å². The Balaban J connectivity index is 2.11. The molecule has 0 unspecified atom stereocenters. The van der Waals surface area contributed by atoms with Gasteiger partial charge in [0, 0.05) is 16.3 Å². The Morgan fingerprint density at radius 3 is 2.81 bits per heavy atom. The van der Waals surface area contributed by atoms with Crippen molar-refractivity contribution in [1.82, 2.24) is 15.2 Å². The highest BCUT2D eigenvalue weighted by molar-refractivity contribution is 7.99. The first-order chi connectivity index (χ1) is 7.75. The van der Waals surface area contributed by atoms with Crippen LogP contribution in [0.15, 0.2) is 47.1 Å². The summed E-state index contributed by atoms with van der Waals surface area (Å²) in [7, 11) is 0. The van der Waals surface area contributed by atoms with Crippen LogP contribution in [0.25, 0.3) is 11.4 Å². The van der Waals surface area contributed by atoms with Crippen molar-refractivity contribution >= 4 is 23.4 Å². The zero-order valence-corrected chi connectivity index (χ0v) is 10.1. The fraction of sp³-hybridized carbons (Fsp3) is 0.0909. The van der Waals surface area contributed by atoms with Crippen molar-refractivity contribution in [2.24, 2.45) is 0 Å². The Morgan fingerprint density at radius 1 is 1.38 bits per heavy atom. The van der Waals surface area contributed by atoms with E-state index < -0.39 is 0 Å². The molecular weight excluding hydrogens is 242 g/mol. The summed E-state index contributed by atoms with van der Waals surface area (Å²) in [5.41, 5.74) is 1.02. The second-order valence-electron chi connectivity index (χ2n) is 3.14. The number of hydrogen-bond donors (Lipinski definition) is 1. The predicted octanol–water partition coefficient (Wildman–Crippen LogP) is 3.32. The summed E-state index contributed by atoms with van der Waals surface area (Å²) >= 11 is 7.13. The van der Waals surface area contributed by atoms with E-state index in [0.717, 1.165) is 11.4 Å². The Morgan fingerprint density at radius 2 is 2.12 bits per heavy atom. The standard InChI is InChI=1S/C11H10ClN3S/c1-8(12)7-16-11-13-10(14-15-11)9-5-3-2-4-6-9/h2-6H,1,7H2,(H,13,14,15). The summed E-state index contributed by atoms with van der Waals surface area (Å²) in [6.45, 7) is 3.61. The number of nitrogens with zero attached hydrogens (tertiary/aromatic N) is 2. The molecule has 0 aliphatic carbocycles. The molecule has 2 rings (SSSR count). The van der Waals surface area contributed by atoms with Crippen LogP contribution < -0.4 is 0 Å². The minimum Gasteiger partial charge on any atom is -0.258 e. The quantitative estimate of drug-likeness (QED) is 0.848. The largest absolute Gasteiger partial charge is 0.258 e. The van der Waals surface area contributed by atoms with Gasteiger partial charge in [0.25, 0.3) is 0 Å². The van der Waals surface area contributed by atoms with E-state index in [1.807, 2.05) is 30.3 Å². The summed E-state index contributed by atoms with van der Waals surface area (Å²) < 4.78 is 0. The van der Waals surface area contributed by atoms with Crippen LogP contribution in [0.5, 0.6) is 0 Å². The Hall–Kier alpha value is -1.26. The first kappa shape index (κ1) is 11.2. The molecule has 1 heterocycles. The van der Waals surface area contributed by atoms with E-state index in [9.17, 15) is 0 Å². The Bertz CT molecular complexity index is 481. The van der Waals surface area contributed by atoms with Crippen molar-refractivity contribution in [2.75, 3.05) is 5.75 Å². The monoisotopic (exact) mass is 251 g/mol. The maximum atomic E-state index is 5.67. The number of thioether (sulfide) groups is 1. The molecule has 0 spiro atoms. The van der Waals surface area contributed by atoms with Crippen molar-refractivity contribution in [3.8, 4) is 11.4 Å². The minimum atomic E-state index is 0.594. The zero-order chi connectivity index (χ0) is 11.4. The molecule has 0 saturated carbocycles. The van der Waals surface area contributed by atoms with Gasteiger partial charge in [-0.05, 0) is 0 Å². The summed E-state index contributed by atoms with van der Waals surface area (Å²) in [6.07, 6.45) is 0. The highest BCUT2D eigenvalue weighted by Crippen LogP contribution is 2.20. The number of H-pyrrole nitrogens is 1. The zero-order valence-electron chi connectivity index (χ0n) is 8.48. The van der Waals surface area contributed by atoms with Gasteiger partial charge in [-0.3, -0.25) is 5.10 Å². The van der Waals surface area contributed by atoms with Crippen LogP contribution in [-0.4, -0.2) is 20.9 Å². The highest BCUT2D eigenvalue weighted by atomic mass is 35.5. The van der Waals surface area contributed by atoms with Crippen molar-refractivity contribution in [2.45, 2.75) is 5.16 Å². The van der Waals surface area contributed by atoms with E-state index in [1.54, 1.807) is 0 Å².